The fourth-order valence-electron chi connectivity index (χ4n) is 3.25. The molecule has 0 spiro atoms. The molecule has 0 N–H and O–H groups in total. The summed E-state index contributed by atoms with van der Waals surface area (Å²) >= 11 is 1.41. The predicted molar refractivity (Wildman–Crippen MR) is 116 cm³/mol. The molecule has 0 aliphatic carbocycles. The summed E-state index contributed by atoms with van der Waals surface area (Å²) in [6.45, 7) is 6.77. The number of hydrogen-bond acceptors (Lipinski definition) is 6. The molecular weight excluding hydrogens is 396 g/mol. The lowest BCUT2D eigenvalue weighted by atomic mass is 10.1. The zero-order valence-corrected chi connectivity index (χ0v) is 17.5. The van der Waals surface area contributed by atoms with Gasteiger partial charge in [-0.05, 0) is 31.0 Å². The summed E-state index contributed by atoms with van der Waals surface area (Å²) in [6, 6.07) is 18.2. The minimum Gasteiger partial charge on any atom is -0.485 e. The summed E-state index contributed by atoms with van der Waals surface area (Å²) in [4.78, 5) is 0. The van der Waals surface area contributed by atoms with Crippen LogP contribution in [0.15, 0.2) is 66.3 Å². The maximum absolute atomic E-state index is 9.70. The van der Waals surface area contributed by atoms with Crippen molar-refractivity contribution in [1.29, 1.82) is 5.26 Å². The molecule has 3 aromatic rings. The van der Waals surface area contributed by atoms with E-state index in [1.807, 2.05) is 28.8 Å². The van der Waals surface area contributed by atoms with E-state index in [1.165, 1.54) is 17.3 Å². The standard InChI is InChI=1S/C23H22N4O2S/c1-3-12-27-22(21-15-28-19-6-4-5-7-20(19)29-21)25-26-23(27)30-18(14-24)13-17-10-8-16(2)9-11-17/h3-11,18,21H,1,12-13,15H2,2H3/t18-,21+/m1/s1. The van der Waals surface area contributed by atoms with Crippen molar-refractivity contribution in [2.75, 3.05) is 6.61 Å². The number of aromatic nitrogens is 3. The second-order valence-corrected chi connectivity index (χ2v) is 8.20. The highest BCUT2D eigenvalue weighted by Crippen LogP contribution is 2.36. The number of rotatable bonds is 7. The van der Waals surface area contributed by atoms with Crippen LogP contribution in [0.5, 0.6) is 11.5 Å². The van der Waals surface area contributed by atoms with E-state index in [-0.39, 0.29) is 11.4 Å². The Balaban J connectivity index is 1.54. The van der Waals surface area contributed by atoms with Crippen LogP contribution in [0.25, 0.3) is 0 Å². The average molecular weight is 419 g/mol. The van der Waals surface area contributed by atoms with Crippen molar-refractivity contribution in [1.82, 2.24) is 14.8 Å². The van der Waals surface area contributed by atoms with E-state index in [0.29, 0.717) is 36.3 Å². The van der Waals surface area contributed by atoms with Crippen molar-refractivity contribution < 1.29 is 9.47 Å². The van der Waals surface area contributed by atoms with Gasteiger partial charge in [0.1, 0.15) is 11.9 Å². The molecule has 2 atom stereocenters. The topological polar surface area (TPSA) is 73.0 Å². The molecule has 0 radical (unpaired) electrons. The van der Waals surface area contributed by atoms with E-state index < -0.39 is 0 Å². The van der Waals surface area contributed by atoms with E-state index >= 15 is 0 Å². The number of benzene rings is 2. The van der Waals surface area contributed by atoms with Gasteiger partial charge in [-0.2, -0.15) is 5.26 Å². The van der Waals surface area contributed by atoms with Gasteiger partial charge < -0.3 is 9.47 Å². The van der Waals surface area contributed by atoms with Gasteiger partial charge in [-0.25, -0.2) is 0 Å². The Hall–Kier alpha value is -3.24. The zero-order chi connectivity index (χ0) is 20.9. The van der Waals surface area contributed by atoms with Gasteiger partial charge in [0.2, 0.25) is 0 Å². The molecule has 7 heteroatoms. The van der Waals surface area contributed by atoms with E-state index in [2.05, 4.69) is 54.0 Å². The minimum absolute atomic E-state index is 0.280. The highest BCUT2D eigenvalue weighted by molar-refractivity contribution is 8.00. The van der Waals surface area contributed by atoms with Crippen LogP contribution in [0.1, 0.15) is 23.1 Å². The molecule has 0 saturated heterocycles. The first-order valence-corrected chi connectivity index (χ1v) is 10.6. The number of nitriles is 1. The number of fused-ring (bicyclic) bond motifs is 1. The first-order valence-electron chi connectivity index (χ1n) is 9.72. The lowest BCUT2D eigenvalue weighted by molar-refractivity contribution is 0.0821. The number of ether oxygens (including phenoxy) is 2. The first kappa shape index (κ1) is 20.0. The normalized spacial score (nSPS) is 15.9. The van der Waals surface area contributed by atoms with Gasteiger partial charge >= 0.3 is 0 Å². The van der Waals surface area contributed by atoms with Crippen LogP contribution in [-0.2, 0) is 13.0 Å². The van der Waals surface area contributed by atoms with Crippen LogP contribution in [0.2, 0.25) is 0 Å². The molecule has 30 heavy (non-hydrogen) atoms. The molecule has 152 valence electrons. The Kier molecular flexibility index (Phi) is 6.05. The van der Waals surface area contributed by atoms with Crippen molar-refractivity contribution in [2.24, 2.45) is 0 Å². The molecule has 0 bridgehead atoms. The summed E-state index contributed by atoms with van der Waals surface area (Å²) in [5.74, 6) is 2.07. The molecule has 1 aromatic heterocycles. The molecule has 1 aliphatic heterocycles. The van der Waals surface area contributed by atoms with E-state index in [9.17, 15) is 5.26 Å². The Bertz CT molecular complexity index is 1070. The number of nitrogens with zero attached hydrogens (tertiary/aromatic N) is 4. The molecular formula is C23H22N4O2S. The Morgan fingerprint density at radius 2 is 2.00 bits per heavy atom. The summed E-state index contributed by atoms with van der Waals surface area (Å²) in [6.07, 6.45) is 2.05. The van der Waals surface area contributed by atoms with Crippen LogP contribution in [0.4, 0.5) is 0 Å². The fraction of sp³-hybridized carbons (Fsp3) is 0.261. The summed E-state index contributed by atoms with van der Waals surface area (Å²) < 4.78 is 13.9. The fourth-order valence-corrected chi connectivity index (χ4v) is 4.22. The summed E-state index contributed by atoms with van der Waals surface area (Å²) in [5, 5.41) is 18.8. The second kappa shape index (κ2) is 9.06. The molecule has 2 heterocycles. The molecule has 0 amide bonds. The quantitative estimate of drug-likeness (QED) is 0.415. The van der Waals surface area contributed by atoms with Crippen molar-refractivity contribution in [2.45, 2.75) is 36.4 Å². The molecule has 0 unspecified atom stereocenters. The van der Waals surface area contributed by atoms with Gasteiger partial charge in [0.15, 0.2) is 28.6 Å². The third-order valence-electron chi connectivity index (χ3n) is 4.79. The highest BCUT2D eigenvalue weighted by Gasteiger charge is 2.29. The molecule has 1 aliphatic rings. The number of allylic oxidation sites excluding steroid dienone is 1. The number of hydrogen-bond donors (Lipinski definition) is 0. The van der Waals surface area contributed by atoms with Gasteiger partial charge in [0.25, 0.3) is 0 Å². The monoisotopic (exact) mass is 418 g/mol. The van der Waals surface area contributed by atoms with E-state index in [0.717, 1.165) is 11.3 Å². The third kappa shape index (κ3) is 4.34. The second-order valence-electron chi connectivity index (χ2n) is 7.03. The lowest BCUT2D eigenvalue weighted by Gasteiger charge is -2.26. The average Bonchev–Trinajstić information content (AvgIpc) is 3.17. The lowest BCUT2D eigenvalue weighted by Crippen LogP contribution is -2.25. The van der Waals surface area contributed by atoms with Crippen LogP contribution < -0.4 is 9.47 Å². The molecule has 0 fully saturated rings. The van der Waals surface area contributed by atoms with Crippen molar-refractivity contribution in [3.05, 3.63) is 78.1 Å². The molecule has 2 aromatic carbocycles. The molecule has 0 saturated carbocycles. The van der Waals surface area contributed by atoms with Gasteiger partial charge in [0, 0.05) is 6.54 Å². The first-order chi connectivity index (χ1) is 14.7. The summed E-state index contributed by atoms with van der Waals surface area (Å²) in [7, 11) is 0. The van der Waals surface area contributed by atoms with Crippen LogP contribution in [0.3, 0.4) is 0 Å². The van der Waals surface area contributed by atoms with Gasteiger partial charge in [-0.15, -0.1) is 16.8 Å². The number of para-hydroxylation sites is 2. The maximum Gasteiger partial charge on any atom is 0.192 e. The third-order valence-corrected chi connectivity index (χ3v) is 5.86. The Morgan fingerprint density at radius 3 is 2.73 bits per heavy atom. The smallest absolute Gasteiger partial charge is 0.192 e. The van der Waals surface area contributed by atoms with Gasteiger partial charge in [-0.3, -0.25) is 4.57 Å². The molecule has 6 nitrogen and oxygen atoms in total. The van der Waals surface area contributed by atoms with Crippen LogP contribution in [-0.4, -0.2) is 26.6 Å². The Morgan fingerprint density at radius 1 is 1.23 bits per heavy atom. The molecule has 4 rings (SSSR count). The Labute approximate surface area is 180 Å². The van der Waals surface area contributed by atoms with Crippen molar-refractivity contribution >= 4 is 11.8 Å². The minimum atomic E-state index is -0.376. The maximum atomic E-state index is 9.70. The number of aryl methyl sites for hydroxylation is 1. The van der Waals surface area contributed by atoms with E-state index in [4.69, 9.17) is 9.47 Å². The largest absolute Gasteiger partial charge is 0.485 e. The SMILES string of the molecule is C=CCn1c(S[C@@H](C#N)Cc2ccc(C)cc2)nnc1[C@@H]1COc2ccccc2O1. The van der Waals surface area contributed by atoms with Crippen molar-refractivity contribution in [3.63, 3.8) is 0 Å². The van der Waals surface area contributed by atoms with E-state index in [1.54, 1.807) is 6.08 Å². The van der Waals surface area contributed by atoms with Crippen LogP contribution in [0, 0.1) is 18.3 Å². The van der Waals surface area contributed by atoms with Crippen LogP contribution >= 0.6 is 11.8 Å². The number of thioether (sulfide) groups is 1. The van der Waals surface area contributed by atoms with Crippen molar-refractivity contribution in [3.8, 4) is 17.6 Å². The van der Waals surface area contributed by atoms with Gasteiger partial charge in [0.05, 0.1) is 6.07 Å². The highest BCUT2D eigenvalue weighted by atomic mass is 32.2. The van der Waals surface area contributed by atoms with Gasteiger partial charge in [-0.1, -0.05) is 59.8 Å². The zero-order valence-electron chi connectivity index (χ0n) is 16.7. The summed E-state index contributed by atoms with van der Waals surface area (Å²) in [5.41, 5.74) is 2.32. The predicted octanol–water partition coefficient (Wildman–Crippen LogP) is 4.51.